The predicted octanol–water partition coefficient (Wildman–Crippen LogP) is 14.6. The van der Waals surface area contributed by atoms with Gasteiger partial charge in [0.15, 0.2) is 5.82 Å². The molecular formula is C52H56F3N5. The largest absolute Gasteiger partial charge is 0.420 e. The Labute approximate surface area is 351 Å². The second kappa shape index (κ2) is 13.5. The highest BCUT2D eigenvalue weighted by Crippen LogP contribution is 2.47. The Morgan fingerprint density at radius 1 is 0.400 bits per heavy atom. The number of halogens is 3. The van der Waals surface area contributed by atoms with Crippen molar-refractivity contribution >= 4 is 43.6 Å². The average molecular weight is 808 g/mol. The van der Waals surface area contributed by atoms with Crippen LogP contribution in [0.25, 0.3) is 66.4 Å². The van der Waals surface area contributed by atoms with Gasteiger partial charge in [-0.25, -0.2) is 15.0 Å². The third-order valence-electron chi connectivity index (χ3n) is 12.0. The maximum atomic E-state index is 16.7. The van der Waals surface area contributed by atoms with E-state index in [0.29, 0.717) is 45.1 Å². The van der Waals surface area contributed by atoms with E-state index in [1.807, 2.05) is 33.4 Å². The quantitative estimate of drug-likeness (QED) is 0.179. The lowest BCUT2D eigenvalue weighted by Gasteiger charge is -2.24. The van der Waals surface area contributed by atoms with Crippen LogP contribution in [0, 0.1) is 13.8 Å². The van der Waals surface area contributed by atoms with Crippen LogP contribution >= 0.6 is 0 Å². The second-order valence-electron chi connectivity index (χ2n) is 20.7. The van der Waals surface area contributed by atoms with Gasteiger partial charge in [-0.1, -0.05) is 119 Å². The lowest BCUT2D eigenvalue weighted by molar-refractivity contribution is -0.137. The summed E-state index contributed by atoms with van der Waals surface area (Å²) in [5, 5.41) is 3.56. The number of aryl methyl sites for hydroxylation is 2. The van der Waals surface area contributed by atoms with Gasteiger partial charge in [0.05, 0.1) is 33.4 Å². The molecular weight excluding hydrogens is 752 g/mol. The van der Waals surface area contributed by atoms with Crippen LogP contribution < -0.4 is 0 Å². The van der Waals surface area contributed by atoms with Crippen molar-refractivity contribution in [2.45, 2.75) is 125 Å². The van der Waals surface area contributed by atoms with E-state index in [0.717, 1.165) is 43.8 Å². The first-order valence-electron chi connectivity index (χ1n) is 20.9. The summed E-state index contributed by atoms with van der Waals surface area (Å²) in [7, 11) is 0. The van der Waals surface area contributed by atoms with Crippen molar-refractivity contribution in [3.05, 3.63) is 124 Å². The molecule has 0 unspecified atom stereocenters. The number of benzene rings is 5. The van der Waals surface area contributed by atoms with Gasteiger partial charge in [-0.15, -0.1) is 0 Å². The van der Waals surface area contributed by atoms with Gasteiger partial charge in [0.1, 0.15) is 17.2 Å². The van der Waals surface area contributed by atoms with Crippen molar-refractivity contribution in [2.75, 3.05) is 0 Å². The topological polar surface area (TPSA) is 48.5 Å². The van der Waals surface area contributed by atoms with E-state index < -0.39 is 11.7 Å². The molecule has 0 radical (unpaired) electrons. The molecule has 3 aromatic heterocycles. The maximum absolute atomic E-state index is 16.7. The maximum Gasteiger partial charge on any atom is 0.420 e. The number of hydrogen-bond acceptors (Lipinski definition) is 3. The fourth-order valence-corrected chi connectivity index (χ4v) is 8.56. The van der Waals surface area contributed by atoms with Gasteiger partial charge in [0, 0.05) is 27.1 Å². The minimum Gasteiger partial charge on any atom is -0.309 e. The van der Waals surface area contributed by atoms with E-state index in [1.165, 1.54) is 0 Å². The van der Waals surface area contributed by atoms with E-state index in [4.69, 9.17) is 9.97 Å². The summed E-state index contributed by atoms with van der Waals surface area (Å²) >= 11 is 0. The van der Waals surface area contributed by atoms with Crippen LogP contribution in [0.5, 0.6) is 0 Å². The molecule has 310 valence electrons. The Balaban J connectivity index is 1.62. The van der Waals surface area contributed by atoms with Gasteiger partial charge in [0.25, 0.3) is 0 Å². The first-order chi connectivity index (χ1) is 27.7. The number of alkyl halides is 3. The smallest absolute Gasteiger partial charge is 0.309 e. The van der Waals surface area contributed by atoms with Crippen LogP contribution in [0.1, 0.15) is 123 Å². The number of nitrogens with zero attached hydrogens (tertiary/aromatic N) is 5. The highest BCUT2D eigenvalue weighted by Gasteiger charge is 2.40. The van der Waals surface area contributed by atoms with Gasteiger partial charge in [-0.2, -0.15) is 13.2 Å². The lowest BCUT2D eigenvalue weighted by atomic mass is 9.85. The van der Waals surface area contributed by atoms with Crippen LogP contribution in [-0.2, 0) is 27.8 Å². The minimum atomic E-state index is -4.79. The number of fused-ring (bicyclic) bond motifs is 6. The van der Waals surface area contributed by atoms with Crippen molar-refractivity contribution < 1.29 is 13.2 Å². The zero-order valence-electron chi connectivity index (χ0n) is 37.5. The van der Waals surface area contributed by atoms with E-state index in [2.05, 4.69) is 137 Å². The fourth-order valence-electron chi connectivity index (χ4n) is 8.56. The minimum absolute atomic E-state index is 0.00794. The third kappa shape index (κ3) is 7.05. The predicted molar refractivity (Wildman–Crippen MR) is 243 cm³/mol. The molecule has 8 rings (SSSR count). The Morgan fingerprint density at radius 2 is 0.750 bits per heavy atom. The Bertz CT molecular complexity index is 2830. The van der Waals surface area contributed by atoms with Crippen molar-refractivity contribution in [3.8, 4) is 22.8 Å². The Hall–Kier alpha value is -5.50. The molecule has 5 aromatic carbocycles. The SMILES string of the molecule is Cc1nc(C)nc(-c2cc(-n3c4ccc(C(C)(C)C)cc4c4ccc(C(C)(C)C)cc43)c(C(F)(F)F)c(-n3c4ccc(C(C)(C)C)cc4c4ccc(C(C)(C)C)cc43)c2)n1. The van der Waals surface area contributed by atoms with Gasteiger partial charge < -0.3 is 9.13 Å². The zero-order chi connectivity index (χ0) is 43.6. The summed E-state index contributed by atoms with van der Waals surface area (Å²) in [5.74, 6) is 1.29. The molecule has 60 heavy (non-hydrogen) atoms. The van der Waals surface area contributed by atoms with Crippen LogP contribution in [0.2, 0.25) is 0 Å². The first-order valence-corrected chi connectivity index (χ1v) is 20.9. The van der Waals surface area contributed by atoms with Crippen molar-refractivity contribution in [3.63, 3.8) is 0 Å². The highest BCUT2D eigenvalue weighted by atomic mass is 19.4. The fraction of sp³-hybridized carbons (Fsp3) is 0.365. The van der Waals surface area contributed by atoms with Crippen LogP contribution in [-0.4, -0.2) is 24.1 Å². The molecule has 3 heterocycles. The Morgan fingerprint density at radius 3 is 1.10 bits per heavy atom. The van der Waals surface area contributed by atoms with E-state index in [1.54, 1.807) is 26.0 Å². The van der Waals surface area contributed by atoms with E-state index in [9.17, 15) is 0 Å². The van der Waals surface area contributed by atoms with Gasteiger partial charge in [-0.3, -0.25) is 0 Å². The summed E-state index contributed by atoms with van der Waals surface area (Å²) < 4.78 is 53.7. The number of aromatic nitrogens is 5. The third-order valence-corrected chi connectivity index (χ3v) is 12.0. The van der Waals surface area contributed by atoms with Crippen LogP contribution in [0.4, 0.5) is 13.2 Å². The summed E-state index contributed by atoms with van der Waals surface area (Å²) in [6.07, 6.45) is -4.79. The van der Waals surface area contributed by atoms with Crippen LogP contribution in [0.3, 0.4) is 0 Å². The average Bonchev–Trinajstić information content (AvgIpc) is 3.63. The van der Waals surface area contributed by atoms with Gasteiger partial charge in [0.2, 0.25) is 0 Å². The molecule has 0 N–H and O–H groups in total. The van der Waals surface area contributed by atoms with Crippen molar-refractivity contribution in [1.29, 1.82) is 0 Å². The summed E-state index contributed by atoms with van der Waals surface area (Å²) in [5.41, 5.74) is 5.89. The molecule has 8 aromatic rings. The van der Waals surface area contributed by atoms with Crippen molar-refractivity contribution in [1.82, 2.24) is 24.1 Å². The number of hydrogen-bond donors (Lipinski definition) is 0. The monoisotopic (exact) mass is 807 g/mol. The van der Waals surface area contributed by atoms with Crippen molar-refractivity contribution in [2.24, 2.45) is 0 Å². The second-order valence-corrected chi connectivity index (χ2v) is 20.7. The molecule has 0 bridgehead atoms. The molecule has 0 aliphatic heterocycles. The number of rotatable bonds is 3. The summed E-state index contributed by atoms with van der Waals surface area (Å²) in [4.78, 5) is 13.9. The van der Waals surface area contributed by atoms with Gasteiger partial charge in [-0.05, 0) is 106 Å². The Kier molecular flexibility index (Phi) is 9.28. The summed E-state index contributed by atoms with van der Waals surface area (Å²) in [6, 6.07) is 28.1. The van der Waals surface area contributed by atoms with Gasteiger partial charge >= 0.3 is 6.18 Å². The molecule has 0 aliphatic rings. The lowest BCUT2D eigenvalue weighted by Crippen LogP contribution is -2.17. The molecule has 0 atom stereocenters. The molecule has 0 amide bonds. The van der Waals surface area contributed by atoms with E-state index in [-0.39, 0.29) is 33.0 Å². The normalized spacial score (nSPS) is 13.4. The molecule has 0 fully saturated rings. The molecule has 0 spiro atoms. The molecule has 5 nitrogen and oxygen atoms in total. The first kappa shape index (κ1) is 41.2. The molecule has 0 aliphatic carbocycles. The van der Waals surface area contributed by atoms with Crippen LogP contribution in [0.15, 0.2) is 84.9 Å². The highest BCUT2D eigenvalue weighted by molar-refractivity contribution is 6.11. The summed E-state index contributed by atoms with van der Waals surface area (Å²) in [6.45, 7) is 29.3. The van der Waals surface area contributed by atoms with E-state index >= 15 is 13.2 Å². The standard InChI is InChI=1S/C52H56F3N5/c1-29-56-30(2)58-47(57-29)31-23-44(59-40-21-17-32(48(3,4)5)25-38(40)36-19-15-34(27-42(36)59)50(9,10)11)46(52(53,54)55)45(24-31)60-41-22-18-33(49(6,7)8)26-39(41)37-20-16-35(28-43(37)60)51(12,13)14/h15-28H,1-14H3. The molecule has 0 saturated carbocycles. The molecule has 0 saturated heterocycles. The molecule has 8 heteroatoms. The zero-order valence-corrected chi connectivity index (χ0v) is 37.5.